The van der Waals surface area contributed by atoms with E-state index in [2.05, 4.69) is 22.5 Å². The third-order valence-electron chi connectivity index (χ3n) is 8.09. The highest BCUT2D eigenvalue weighted by Crippen LogP contribution is 2.56. The smallest absolute Gasteiger partial charge is 0.240 e. The minimum absolute atomic E-state index is 0.123. The summed E-state index contributed by atoms with van der Waals surface area (Å²) in [6.07, 6.45) is 7.69. The fraction of sp³-hybridized carbons (Fsp3) is 0.520. The van der Waals surface area contributed by atoms with Crippen molar-refractivity contribution in [2.45, 2.75) is 51.1 Å². The fourth-order valence-corrected chi connectivity index (χ4v) is 6.67. The number of imide groups is 1. The van der Waals surface area contributed by atoms with Gasteiger partial charge in [-0.1, -0.05) is 30.3 Å². The molecule has 0 unspecified atom stereocenters. The molecule has 32 heavy (non-hydrogen) atoms. The first-order chi connectivity index (χ1) is 15.6. The number of nitrogens with zero attached hydrogens (tertiary/aromatic N) is 3. The van der Waals surface area contributed by atoms with Gasteiger partial charge in [0.05, 0.1) is 30.6 Å². The SMILES string of the molecule is O=C(CN1C(=O)[C@@H]2[C@H]3CC[C@@H](C3)[C@H]2C1=O)N[C@H]1CCCc2c1cnn2Cc1ccccc1. The van der Waals surface area contributed by atoms with E-state index in [1.54, 1.807) is 0 Å². The number of carbonyl (C=O) groups excluding carboxylic acids is 3. The first-order valence-corrected chi connectivity index (χ1v) is 11.8. The van der Waals surface area contributed by atoms with Crippen LogP contribution in [0.4, 0.5) is 0 Å². The van der Waals surface area contributed by atoms with Gasteiger partial charge < -0.3 is 5.32 Å². The number of carbonyl (C=O) groups is 3. The van der Waals surface area contributed by atoms with E-state index < -0.39 is 0 Å². The Morgan fingerprint density at radius 1 is 1.03 bits per heavy atom. The Balaban J connectivity index is 1.14. The number of fused-ring (bicyclic) bond motifs is 6. The molecule has 166 valence electrons. The predicted molar refractivity (Wildman–Crippen MR) is 116 cm³/mol. The zero-order valence-electron chi connectivity index (χ0n) is 18.1. The molecule has 7 nitrogen and oxygen atoms in total. The summed E-state index contributed by atoms with van der Waals surface area (Å²) in [4.78, 5) is 39.9. The third-order valence-corrected chi connectivity index (χ3v) is 8.09. The molecule has 3 amide bonds. The average molecular weight is 433 g/mol. The minimum Gasteiger partial charge on any atom is -0.348 e. The van der Waals surface area contributed by atoms with Gasteiger partial charge >= 0.3 is 0 Å². The van der Waals surface area contributed by atoms with Crippen molar-refractivity contribution in [3.8, 4) is 0 Å². The molecular weight excluding hydrogens is 404 g/mol. The summed E-state index contributed by atoms with van der Waals surface area (Å²) in [5.41, 5.74) is 3.40. The Bertz CT molecular complexity index is 1050. The summed E-state index contributed by atoms with van der Waals surface area (Å²) in [5, 5.41) is 7.67. The second kappa shape index (κ2) is 7.57. The number of amides is 3. The van der Waals surface area contributed by atoms with E-state index in [1.165, 1.54) is 10.5 Å². The van der Waals surface area contributed by atoms with Crippen molar-refractivity contribution < 1.29 is 14.4 Å². The molecule has 2 saturated carbocycles. The van der Waals surface area contributed by atoms with Crippen LogP contribution in [0.3, 0.4) is 0 Å². The summed E-state index contributed by atoms with van der Waals surface area (Å²) < 4.78 is 2.02. The molecule has 6 rings (SSSR count). The van der Waals surface area contributed by atoms with Gasteiger partial charge in [0.15, 0.2) is 0 Å². The van der Waals surface area contributed by atoms with Crippen LogP contribution in [0.25, 0.3) is 0 Å². The number of likely N-dealkylation sites (tertiary alicyclic amines) is 1. The molecule has 3 fully saturated rings. The lowest BCUT2D eigenvalue weighted by molar-refractivity contribution is -0.144. The van der Waals surface area contributed by atoms with Crippen molar-refractivity contribution in [3.63, 3.8) is 0 Å². The van der Waals surface area contributed by atoms with E-state index in [9.17, 15) is 14.4 Å². The van der Waals surface area contributed by atoms with Gasteiger partial charge in [0, 0.05) is 11.3 Å². The lowest BCUT2D eigenvalue weighted by Crippen LogP contribution is -2.43. The van der Waals surface area contributed by atoms with E-state index >= 15 is 0 Å². The summed E-state index contributed by atoms with van der Waals surface area (Å²) in [5.74, 6) is -0.174. The Morgan fingerprint density at radius 3 is 2.47 bits per heavy atom. The second-order valence-corrected chi connectivity index (χ2v) is 9.85. The Hall–Kier alpha value is -2.96. The van der Waals surface area contributed by atoms with Gasteiger partial charge in [-0.15, -0.1) is 0 Å². The highest BCUT2D eigenvalue weighted by molar-refractivity contribution is 6.08. The fourth-order valence-electron chi connectivity index (χ4n) is 6.67. The molecule has 2 aromatic rings. The maximum Gasteiger partial charge on any atom is 0.240 e. The largest absolute Gasteiger partial charge is 0.348 e. The van der Waals surface area contributed by atoms with E-state index in [-0.39, 0.29) is 42.1 Å². The minimum atomic E-state index is -0.257. The Kier molecular flexibility index (Phi) is 4.66. The van der Waals surface area contributed by atoms with Gasteiger partial charge in [0.2, 0.25) is 17.7 Å². The van der Waals surface area contributed by atoms with Crippen molar-refractivity contribution >= 4 is 17.7 Å². The summed E-state index contributed by atoms with van der Waals surface area (Å²) >= 11 is 0. The van der Waals surface area contributed by atoms with E-state index in [0.717, 1.165) is 49.8 Å². The van der Waals surface area contributed by atoms with Crippen LogP contribution in [0, 0.1) is 23.7 Å². The maximum atomic E-state index is 12.9. The van der Waals surface area contributed by atoms with Gasteiger partial charge in [0.1, 0.15) is 6.54 Å². The topological polar surface area (TPSA) is 84.3 Å². The zero-order valence-corrected chi connectivity index (χ0v) is 18.1. The molecule has 1 N–H and O–H groups in total. The molecule has 2 bridgehead atoms. The molecule has 1 saturated heterocycles. The molecule has 1 aromatic heterocycles. The van der Waals surface area contributed by atoms with Gasteiger partial charge in [-0.3, -0.25) is 24.0 Å². The van der Waals surface area contributed by atoms with Crippen LogP contribution in [0.1, 0.15) is 55.0 Å². The first kappa shape index (κ1) is 19.7. The normalized spacial score (nSPS) is 30.5. The summed E-state index contributed by atoms with van der Waals surface area (Å²) in [6.45, 7) is 0.548. The number of hydrogen-bond acceptors (Lipinski definition) is 4. The molecule has 2 heterocycles. The van der Waals surface area contributed by atoms with Crippen LogP contribution in [-0.2, 0) is 27.3 Å². The summed E-state index contributed by atoms with van der Waals surface area (Å²) in [6, 6.07) is 10.1. The second-order valence-electron chi connectivity index (χ2n) is 9.85. The molecule has 4 aliphatic rings. The lowest BCUT2D eigenvalue weighted by Gasteiger charge is -2.25. The molecule has 1 aromatic carbocycles. The van der Waals surface area contributed by atoms with Gasteiger partial charge in [0.25, 0.3) is 0 Å². The van der Waals surface area contributed by atoms with Crippen LogP contribution in [0.15, 0.2) is 36.5 Å². The van der Waals surface area contributed by atoms with E-state index in [0.29, 0.717) is 18.4 Å². The number of hydrogen-bond donors (Lipinski definition) is 1. The van der Waals surface area contributed by atoms with Crippen LogP contribution in [0.5, 0.6) is 0 Å². The van der Waals surface area contributed by atoms with E-state index in [1.807, 2.05) is 29.1 Å². The van der Waals surface area contributed by atoms with Crippen molar-refractivity contribution in [3.05, 3.63) is 53.3 Å². The van der Waals surface area contributed by atoms with Crippen LogP contribution < -0.4 is 5.32 Å². The number of nitrogens with one attached hydrogen (secondary N) is 1. The molecule has 3 aliphatic carbocycles. The van der Waals surface area contributed by atoms with Crippen LogP contribution >= 0.6 is 0 Å². The van der Waals surface area contributed by atoms with Gasteiger partial charge in [-0.2, -0.15) is 5.10 Å². The number of benzene rings is 1. The molecule has 7 heteroatoms. The standard InChI is InChI=1S/C25H28N4O3/c30-21(14-28-24(31)22-16-9-10-17(11-16)23(22)25(28)32)27-19-7-4-8-20-18(19)12-26-29(20)13-15-5-2-1-3-6-15/h1-3,5-6,12,16-17,19,22-23H,4,7-11,13-14H2,(H,27,30)/t16-,17-,19-,22+,23+/m0/s1. The zero-order chi connectivity index (χ0) is 21.8. The maximum absolute atomic E-state index is 12.9. The highest BCUT2D eigenvalue weighted by atomic mass is 16.2. The first-order valence-electron chi connectivity index (χ1n) is 11.8. The average Bonchev–Trinajstić information content (AvgIpc) is 3.56. The van der Waals surface area contributed by atoms with Crippen LogP contribution in [-0.4, -0.2) is 38.9 Å². The summed E-state index contributed by atoms with van der Waals surface area (Å²) in [7, 11) is 0. The molecule has 0 radical (unpaired) electrons. The van der Waals surface area contributed by atoms with Crippen LogP contribution in [0.2, 0.25) is 0 Å². The molecule has 0 spiro atoms. The number of rotatable bonds is 5. The quantitative estimate of drug-likeness (QED) is 0.736. The number of aromatic nitrogens is 2. The predicted octanol–water partition coefficient (Wildman–Crippen LogP) is 2.46. The highest BCUT2D eigenvalue weighted by Gasteiger charge is 2.61. The monoisotopic (exact) mass is 432 g/mol. The Morgan fingerprint density at radius 2 is 1.75 bits per heavy atom. The molecule has 5 atom stereocenters. The van der Waals surface area contributed by atoms with Crippen molar-refractivity contribution in [2.75, 3.05) is 6.54 Å². The van der Waals surface area contributed by atoms with Crippen molar-refractivity contribution in [1.82, 2.24) is 20.0 Å². The molecular formula is C25H28N4O3. The van der Waals surface area contributed by atoms with Crippen molar-refractivity contribution in [2.24, 2.45) is 23.7 Å². The van der Waals surface area contributed by atoms with E-state index in [4.69, 9.17) is 0 Å². The lowest BCUT2D eigenvalue weighted by atomic mass is 9.81. The molecule has 1 aliphatic heterocycles. The Labute approximate surface area is 187 Å². The third kappa shape index (κ3) is 3.09. The van der Waals surface area contributed by atoms with Gasteiger partial charge in [-0.05, 0) is 55.9 Å². The van der Waals surface area contributed by atoms with Gasteiger partial charge in [-0.25, -0.2) is 0 Å². The van der Waals surface area contributed by atoms with Crippen molar-refractivity contribution in [1.29, 1.82) is 0 Å².